The fourth-order valence-electron chi connectivity index (χ4n) is 3.14. The summed E-state index contributed by atoms with van der Waals surface area (Å²) in [6, 6.07) is 14.9. The molecule has 2 aromatic carbocycles. The average Bonchev–Trinajstić information content (AvgIpc) is 3.16. The zero-order chi connectivity index (χ0) is 20.8. The maximum absolute atomic E-state index is 12.7. The second-order valence-corrected chi connectivity index (χ2v) is 7.15. The van der Waals surface area contributed by atoms with Crippen LogP contribution in [0, 0.1) is 0 Å². The Labute approximate surface area is 171 Å². The first kappa shape index (κ1) is 20.5. The van der Waals surface area contributed by atoms with E-state index in [1.807, 2.05) is 66.3 Å². The number of hydrogen-bond acceptors (Lipinski definition) is 4. The predicted octanol–water partition coefficient (Wildman–Crippen LogP) is 3.84. The molecule has 0 bridgehead atoms. The summed E-state index contributed by atoms with van der Waals surface area (Å²) < 4.78 is 13.0. The van der Waals surface area contributed by atoms with Gasteiger partial charge in [0.25, 0.3) is 5.91 Å². The molecule has 1 atom stereocenters. The zero-order valence-electron chi connectivity index (χ0n) is 17.3. The summed E-state index contributed by atoms with van der Waals surface area (Å²) in [6.45, 7) is 4.19. The molecule has 1 unspecified atom stereocenters. The maximum atomic E-state index is 12.7. The highest BCUT2D eigenvalue weighted by atomic mass is 16.5. The molecule has 0 saturated carbocycles. The van der Waals surface area contributed by atoms with Crippen LogP contribution in [0.1, 0.15) is 42.8 Å². The summed E-state index contributed by atoms with van der Waals surface area (Å²) >= 11 is 0. The monoisotopic (exact) mass is 393 g/mol. The predicted molar refractivity (Wildman–Crippen MR) is 112 cm³/mol. The number of aromatic nitrogens is 2. The zero-order valence-corrected chi connectivity index (χ0v) is 17.3. The highest BCUT2D eigenvalue weighted by Crippen LogP contribution is 2.29. The number of para-hydroxylation sites is 1. The van der Waals surface area contributed by atoms with Gasteiger partial charge in [0.1, 0.15) is 23.4 Å². The van der Waals surface area contributed by atoms with Gasteiger partial charge in [-0.15, -0.1) is 0 Å². The molecule has 6 nitrogen and oxygen atoms in total. The summed E-state index contributed by atoms with van der Waals surface area (Å²) in [6.07, 6.45) is 3.55. The molecular weight excluding hydrogens is 366 g/mol. The normalized spacial score (nSPS) is 11.9. The molecule has 1 amide bonds. The Balaban J connectivity index is 1.74. The van der Waals surface area contributed by atoms with Crippen molar-refractivity contribution in [1.82, 2.24) is 14.9 Å². The van der Waals surface area contributed by atoms with Gasteiger partial charge in [-0.3, -0.25) is 4.79 Å². The van der Waals surface area contributed by atoms with Gasteiger partial charge in [0.2, 0.25) is 0 Å². The van der Waals surface area contributed by atoms with E-state index in [1.165, 1.54) is 5.56 Å². The number of imidazole rings is 1. The van der Waals surface area contributed by atoms with E-state index in [4.69, 9.17) is 9.47 Å². The number of nitrogens with one attached hydrogen (secondary N) is 1. The van der Waals surface area contributed by atoms with Gasteiger partial charge in [0.15, 0.2) is 6.61 Å². The second-order valence-electron chi connectivity index (χ2n) is 7.15. The van der Waals surface area contributed by atoms with Gasteiger partial charge in [-0.1, -0.05) is 44.2 Å². The molecule has 3 rings (SSSR count). The van der Waals surface area contributed by atoms with Crippen molar-refractivity contribution in [2.75, 3.05) is 13.7 Å². The molecule has 0 fully saturated rings. The third kappa shape index (κ3) is 4.96. The van der Waals surface area contributed by atoms with Gasteiger partial charge in [0, 0.05) is 25.0 Å². The minimum Gasteiger partial charge on any atom is -0.496 e. The quantitative estimate of drug-likeness (QED) is 0.632. The van der Waals surface area contributed by atoms with Gasteiger partial charge in [-0.05, 0) is 29.7 Å². The molecule has 0 spiro atoms. The van der Waals surface area contributed by atoms with E-state index in [-0.39, 0.29) is 12.5 Å². The van der Waals surface area contributed by atoms with Crippen molar-refractivity contribution < 1.29 is 14.3 Å². The van der Waals surface area contributed by atoms with Crippen LogP contribution in [0.3, 0.4) is 0 Å². The Hall–Kier alpha value is -3.28. The van der Waals surface area contributed by atoms with Crippen molar-refractivity contribution in [3.8, 4) is 11.5 Å². The molecule has 1 aromatic heterocycles. The molecule has 0 aliphatic heterocycles. The van der Waals surface area contributed by atoms with E-state index >= 15 is 0 Å². The molecular formula is C23H27N3O3. The highest BCUT2D eigenvalue weighted by molar-refractivity contribution is 5.78. The van der Waals surface area contributed by atoms with Crippen molar-refractivity contribution in [2.45, 2.75) is 25.8 Å². The van der Waals surface area contributed by atoms with Crippen molar-refractivity contribution in [3.63, 3.8) is 0 Å². The number of ether oxygens (including phenoxy) is 2. The number of rotatable bonds is 8. The topological polar surface area (TPSA) is 65.4 Å². The van der Waals surface area contributed by atoms with Gasteiger partial charge < -0.3 is 19.4 Å². The first-order valence-corrected chi connectivity index (χ1v) is 9.62. The lowest BCUT2D eigenvalue weighted by Crippen LogP contribution is -2.34. The number of carbonyl (C=O) groups excluding carboxylic acids is 1. The first-order valence-electron chi connectivity index (χ1n) is 9.62. The number of amides is 1. The Kier molecular flexibility index (Phi) is 6.54. The largest absolute Gasteiger partial charge is 0.496 e. The highest BCUT2D eigenvalue weighted by Gasteiger charge is 2.24. The SMILES string of the molecule is COc1ccccc1C(NC(=O)COc1ccc(C(C)C)cc1)c1nccn1C. The van der Waals surface area contributed by atoms with Crippen molar-refractivity contribution in [1.29, 1.82) is 0 Å². The fraction of sp³-hybridized carbons (Fsp3) is 0.304. The molecule has 1 N–H and O–H groups in total. The maximum Gasteiger partial charge on any atom is 0.258 e. The smallest absolute Gasteiger partial charge is 0.258 e. The van der Waals surface area contributed by atoms with Crippen LogP contribution < -0.4 is 14.8 Å². The van der Waals surface area contributed by atoms with E-state index in [2.05, 4.69) is 24.1 Å². The van der Waals surface area contributed by atoms with Crippen LogP contribution in [0.25, 0.3) is 0 Å². The summed E-state index contributed by atoms with van der Waals surface area (Å²) in [5.41, 5.74) is 2.06. The number of nitrogens with zero attached hydrogens (tertiary/aromatic N) is 2. The van der Waals surface area contributed by atoms with Crippen LogP contribution in [-0.2, 0) is 11.8 Å². The summed E-state index contributed by atoms with van der Waals surface area (Å²) in [7, 11) is 3.50. The minimum atomic E-state index is -0.453. The molecule has 0 aliphatic rings. The average molecular weight is 393 g/mol. The van der Waals surface area contributed by atoms with Crippen LogP contribution >= 0.6 is 0 Å². The Morgan fingerprint density at radius 3 is 2.48 bits per heavy atom. The summed E-state index contributed by atoms with van der Waals surface area (Å²) in [4.78, 5) is 17.1. The van der Waals surface area contributed by atoms with E-state index < -0.39 is 6.04 Å². The van der Waals surface area contributed by atoms with Crippen molar-refractivity contribution >= 4 is 5.91 Å². The van der Waals surface area contributed by atoms with Gasteiger partial charge in [-0.25, -0.2) is 4.98 Å². The molecule has 0 radical (unpaired) electrons. The van der Waals surface area contributed by atoms with Gasteiger partial charge in [0.05, 0.1) is 7.11 Å². The number of methoxy groups -OCH3 is 1. The van der Waals surface area contributed by atoms with Crippen molar-refractivity contribution in [2.24, 2.45) is 7.05 Å². The van der Waals surface area contributed by atoms with Crippen LogP contribution in [0.4, 0.5) is 0 Å². The van der Waals surface area contributed by atoms with E-state index in [9.17, 15) is 4.79 Å². The van der Waals surface area contributed by atoms with Crippen LogP contribution in [0.5, 0.6) is 11.5 Å². The summed E-state index contributed by atoms with van der Waals surface area (Å²) in [5, 5.41) is 3.02. The number of carbonyl (C=O) groups is 1. The molecule has 152 valence electrons. The lowest BCUT2D eigenvalue weighted by Gasteiger charge is -2.21. The summed E-state index contributed by atoms with van der Waals surface area (Å²) in [5.74, 6) is 2.27. The number of hydrogen-bond donors (Lipinski definition) is 1. The van der Waals surface area contributed by atoms with Crippen molar-refractivity contribution in [3.05, 3.63) is 77.9 Å². The van der Waals surface area contributed by atoms with E-state index in [0.717, 1.165) is 5.56 Å². The molecule has 0 saturated heterocycles. The van der Waals surface area contributed by atoms with Crippen LogP contribution in [-0.4, -0.2) is 29.2 Å². The number of aryl methyl sites for hydroxylation is 1. The van der Waals surface area contributed by atoms with Gasteiger partial charge >= 0.3 is 0 Å². The van der Waals surface area contributed by atoms with Gasteiger partial charge in [-0.2, -0.15) is 0 Å². The first-order chi connectivity index (χ1) is 14.0. The number of benzene rings is 2. The second kappa shape index (κ2) is 9.28. The Morgan fingerprint density at radius 2 is 1.86 bits per heavy atom. The minimum absolute atomic E-state index is 0.0862. The van der Waals surface area contributed by atoms with Crippen LogP contribution in [0.2, 0.25) is 0 Å². The molecule has 3 aromatic rings. The third-order valence-electron chi connectivity index (χ3n) is 4.79. The van der Waals surface area contributed by atoms with E-state index in [1.54, 1.807) is 13.3 Å². The Morgan fingerprint density at radius 1 is 1.14 bits per heavy atom. The Bertz CT molecular complexity index is 948. The molecule has 29 heavy (non-hydrogen) atoms. The lowest BCUT2D eigenvalue weighted by atomic mass is 10.0. The standard InChI is InChI=1S/C23H27N3O3/c1-16(2)17-9-11-18(12-10-17)29-15-21(27)25-22(23-24-13-14-26(23)3)19-7-5-6-8-20(19)28-4/h5-14,16,22H,15H2,1-4H3,(H,25,27). The van der Waals surface area contributed by atoms with E-state index in [0.29, 0.717) is 23.2 Å². The lowest BCUT2D eigenvalue weighted by molar-refractivity contribution is -0.123. The molecule has 6 heteroatoms. The third-order valence-corrected chi connectivity index (χ3v) is 4.79. The molecule has 0 aliphatic carbocycles. The fourth-order valence-corrected chi connectivity index (χ4v) is 3.14. The molecule has 1 heterocycles. The van der Waals surface area contributed by atoms with Crippen LogP contribution in [0.15, 0.2) is 60.9 Å².